The maximum absolute atomic E-state index is 9.47. The van der Waals surface area contributed by atoms with Gasteiger partial charge in [-0.05, 0) is 37.3 Å². The Bertz CT molecular complexity index is 743. The lowest BCUT2D eigenvalue weighted by atomic mass is 9.75. The molecule has 1 saturated heterocycles. The number of fused-ring (bicyclic) bond motifs is 6. The van der Waals surface area contributed by atoms with Gasteiger partial charge in [-0.3, -0.25) is 4.90 Å². The number of aliphatic hydroxyl groups is 1. The lowest BCUT2D eigenvalue weighted by molar-refractivity contribution is 0.112. The molecule has 2 aliphatic rings. The molecular weight excluding hydrogens is 272 g/mol. The van der Waals surface area contributed by atoms with Gasteiger partial charge in [-0.25, -0.2) is 0 Å². The van der Waals surface area contributed by atoms with Crippen LogP contribution in [0.1, 0.15) is 30.6 Å². The molecule has 0 spiro atoms. The number of para-hydroxylation sites is 1. The first-order chi connectivity index (χ1) is 10.7. The molecule has 1 aromatic heterocycles. The number of benzene rings is 1. The van der Waals surface area contributed by atoms with Gasteiger partial charge in [-0.1, -0.05) is 29.8 Å². The molecule has 1 fully saturated rings. The highest BCUT2D eigenvalue weighted by molar-refractivity contribution is 5.86. The molecule has 1 N–H and O–H groups in total. The lowest BCUT2D eigenvalue weighted by Gasteiger charge is -2.45. The van der Waals surface area contributed by atoms with Gasteiger partial charge < -0.3 is 9.67 Å². The van der Waals surface area contributed by atoms with E-state index >= 15 is 0 Å². The topological polar surface area (TPSA) is 28.4 Å². The Kier molecular flexibility index (Phi) is 3.35. The Balaban J connectivity index is 1.92. The van der Waals surface area contributed by atoms with E-state index in [2.05, 4.69) is 53.8 Å². The van der Waals surface area contributed by atoms with Crippen LogP contribution in [-0.4, -0.2) is 34.3 Å². The molecule has 2 atom stereocenters. The molecule has 4 rings (SSSR count). The van der Waals surface area contributed by atoms with Crippen LogP contribution in [-0.2, 0) is 13.5 Å². The smallest absolute Gasteiger partial charge is 0.0558 e. The molecule has 1 aliphatic heterocycles. The minimum absolute atomic E-state index is 0.234. The Morgan fingerprint density at radius 2 is 2.14 bits per heavy atom. The molecule has 3 nitrogen and oxygen atoms in total. The van der Waals surface area contributed by atoms with E-state index in [0.29, 0.717) is 12.0 Å². The highest BCUT2D eigenvalue weighted by Crippen LogP contribution is 2.47. The Morgan fingerprint density at radius 1 is 1.32 bits per heavy atom. The first-order valence-corrected chi connectivity index (χ1v) is 8.30. The first-order valence-electron chi connectivity index (χ1n) is 8.30. The number of allylic oxidation sites excluding steroid dienone is 1. The summed E-state index contributed by atoms with van der Waals surface area (Å²) in [5.41, 5.74) is 5.88. The number of β-amino-alcohol motifs (C(OH)–C–C–N with tert-alkyl or cyclic N) is 1. The molecule has 2 bridgehead atoms. The quantitative estimate of drug-likeness (QED) is 0.863. The minimum Gasteiger partial charge on any atom is -0.395 e. The third-order valence-corrected chi connectivity index (χ3v) is 5.66. The van der Waals surface area contributed by atoms with Gasteiger partial charge in [0.2, 0.25) is 0 Å². The molecule has 0 amide bonds. The van der Waals surface area contributed by atoms with Crippen molar-refractivity contribution < 1.29 is 5.11 Å². The normalized spacial score (nSPS) is 26.6. The number of aryl methyl sites for hydroxylation is 1. The zero-order valence-electron chi connectivity index (χ0n) is 13.4. The van der Waals surface area contributed by atoms with Gasteiger partial charge in [0.15, 0.2) is 0 Å². The summed E-state index contributed by atoms with van der Waals surface area (Å²) in [6, 6.07) is 9.21. The summed E-state index contributed by atoms with van der Waals surface area (Å²) in [6.07, 6.45) is 4.64. The van der Waals surface area contributed by atoms with Gasteiger partial charge in [0, 0.05) is 42.8 Å². The zero-order valence-corrected chi connectivity index (χ0v) is 13.4. The monoisotopic (exact) mass is 296 g/mol. The minimum atomic E-state index is 0.234. The van der Waals surface area contributed by atoms with Crippen LogP contribution in [0.3, 0.4) is 0 Å². The largest absolute Gasteiger partial charge is 0.395 e. The van der Waals surface area contributed by atoms with Crippen LogP contribution in [0.25, 0.3) is 10.9 Å². The lowest BCUT2D eigenvalue weighted by Crippen LogP contribution is -2.43. The highest BCUT2D eigenvalue weighted by atomic mass is 16.3. The molecule has 22 heavy (non-hydrogen) atoms. The predicted molar refractivity (Wildman–Crippen MR) is 89.9 cm³/mol. The van der Waals surface area contributed by atoms with Crippen molar-refractivity contribution in [3.8, 4) is 0 Å². The van der Waals surface area contributed by atoms with Gasteiger partial charge in [0.25, 0.3) is 0 Å². The van der Waals surface area contributed by atoms with Gasteiger partial charge in [0.1, 0.15) is 0 Å². The van der Waals surface area contributed by atoms with E-state index in [1.54, 1.807) is 5.57 Å². The maximum atomic E-state index is 9.47. The van der Waals surface area contributed by atoms with E-state index in [-0.39, 0.29) is 6.61 Å². The van der Waals surface area contributed by atoms with Crippen LogP contribution in [0.2, 0.25) is 0 Å². The van der Waals surface area contributed by atoms with E-state index in [1.807, 2.05) is 0 Å². The molecule has 116 valence electrons. The predicted octanol–water partition coefficient (Wildman–Crippen LogP) is 3.04. The molecule has 0 saturated carbocycles. The van der Waals surface area contributed by atoms with E-state index < -0.39 is 0 Å². The van der Waals surface area contributed by atoms with Gasteiger partial charge in [0.05, 0.1) is 6.61 Å². The Morgan fingerprint density at radius 3 is 2.91 bits per heavy atom. The van der Waals surface area contributed by atoms with Crippen molar-refractivity contribution in [1.29, 1.82) is 0 Å². The Labute approximate surface area is 131 Å². The second kappa shape index (κ2) is 5.25. The summed E-state index contributed by atoms with van der Waals surface area (Å²) in [6.45, 7) is 4.16. The fourth-order valence-corrected chi connectivity index (χ4v) is 4.58. The summed E-state index contributed by atoms with van der Waals surface area (Å²) in [7, 11) is 2.20. The maximum Gasteiger partial charge on any atom is 0.0558 e. The summed E-state index contributed by atoms with van der Waals surface area (Å²) >= 11 is 0. The van der Waals surface area contributed by atoms with E-state index in [4.69, 9.17) is 0 Å². The van der Waals surface area contributed by atoms with Gasteiger partial charge in [-0.2, -0.15) is 0 Å². The van der Waals surface area contributed by atoms with Crippen LogP contribution >= 0.6 is 0 Å². The van der Waals surface area contributed by atoms with Crippen molar-refractivity contribution in [2.24, 2.45) is 13.0 Å². The standard InChI is InChI=1S/C19H24N2O/c1-3-13-12-21(8-9-22)18-11-14(13)10-17-19(18)15-6-4-5-7-16(15)20(17)2/h3-7,14,18,22H,8-12H2,1-2H3/b13-3+/t14-,18-/m1/s1. The number of aromatic nitrogens is 1. The van der Waals surface area contributed by atoms with Crippen molar-refractivity contribution in [2.45, 2.75) is 25.8 Å². The van der Waals surface area contributed by atoms with Crippen molar-refractivity contribution in [3.05, 3.63) is 47.2 Å². The molecule has 0 unspecified atom stereocenters. The molecule has 2 aromatic rings. The third-order valence-electron chi connectivity index (χ3n) is 5.66. The number of likely N-dealkylation sites (tertiary alicyclic amines) is 1. The van der Waals surface area contributed by atoms with Gasteiger partial charge >= 0.3 is 0 Å². The zero-order chi connectivity index (χ0) is 15.3. The first kappa shape index (κ1) is 14.0. The van der Waals surface area contributed by atoms with E-state index in [0.717, 1.165) is 19.5 Å². The van der Waals surface area contributed by atoms with Crippen LogP contribution in [0, 0.1) is 5.92 Å². The van der Waals surface area contributed by atoms with Crippen LogP contribution in [0.5, 0.6) is 0 Å². The molecular formula is C19H24N2O. The van der Waals surface area contributed by atoms with Crippen molar-refractivity contribution >= 4 is 10.9 Å². The van der Waals surface area contributed by atoms with Crippen molar-refractivity contribution in [3.63, 3.8) is 0 Å². The number of hydrogen-bond donors (Lipinski definition) is 1. The highest BCUT2D eigenvalue weighted by Gasteiger charge is 2.39. The van der Waals surface area contributed by atoms with Gasteiger partial charge in [-0.15, -0.1) is 0 Å². The fraction of sp³-hybridized carbons (Fsp3) is 0.474. The SMILES string of the molecule is C/C=C1\CN(CCO)[C@@H]2C[C@H]1Cc1c2c2ccccc2n1C. The summed E-state index contributed by atoms with van der Waals surface area (Å²) in [4.78, 5) is 2.47. The molecule has 2 heterocycles. The molecule has 1 aromatic carbocycles. The van der Waals surface area contributed by atoms with E-state index in [1.165, 1.54) is 28.6 Å². The second-order valence-corrected chi connectivity index (χ2v) is 6.65. The number of aliphatic hydroxyl groups excluding tert-OH is 1. The fourth-order valence-electron chi connectivity index (χ4n) is 4.58. The second-order valence-electron chi connectivity index (χ2n) is 6.65. The number of rotatable bonds is 2. The van der Waals surface area contributed by atoms with Crippen LogP contribution in [0.15, 0.2) is 35.9 Å². The van der Waals surface area contributed by atoms with E-state index in [9.17, 15) is 5.11 Å². The Hall–Kier alpha value is -1.58. The van der Waals surface area contributed by atoms with Crippen molar-refractivity contribution in [2.75, 3.05) is 19.7 Å². The summed E-state index contributed by atoms with van der Waals surface area (Å²) in [5, 5.41) is 10.9. The third kappa shape index (κ3) is 1.89. The summed E-state index contributed by atoms with van der Waals surface area (Å²) in [5.74, 6) is 0.667. The van der Waals surface area contributed by atoms with Crippen molar-refractivity contribution in [1.82, 2.24) is 9.47 Å². The average Bonchev–Trinajstić information content (AvgIpc) is 2.84. The van der Waals surface area contributed by atoms with Crippen LogP contribution < -0.4 is 0 Å². The van der Waals surface area contributed by atoms with Crippen LogP contribution in [0.4, 0.5) is 0 Å². The molecule has 3 heteroatoms. The molecule has 0 radical (unpaired) electrons. The number of nitrogens with zero attached hydrogens (tertiary/aromatic N) is 2. The number of piperidine rings is 1. The molecule has 1 aliphatic carbocycles. The average molecular weight is 296 g/mol. The number of hydrogen-bond acceptors (Lipinski definition) is 2. The summed E-state index contributed by atoms with van der Waals surface area (Å²) < 4.78 is 2.39.